The van der Waals surface area contributed by atoms with Crippen LogP contribution in [0.25, 0.3) is 0 Å². The molecule has 0 fully saturated rings. The van der Waals surface area contributed by atoms with Crippen molar-refractivity contribution in [3.8, 4) is 0 Å². The fraction of sp³-hybridized carbons (Fsp3) is 0.727. The number of hydrogen-bond acceptors (Lipinski definition) is 6. The molecule has 0 aromatic heterocycles. The number of carboxylic acids is 3. The third kappa shape index (κ3) is 352. The first-order valence-corrected chi connectivity index (χ1v) is 5.71. The van der Waals surface area contributed by atoms with Crippen LogP contribution in [0.3, 0.4) is 0 Å². The zero-order valence-corrected chi connectivity index (χ0v) is 12.1. The van der Waals surface area contributed by atoms with Gasteiger partial charge < -0.3 is 31.5 Å². The highest BCUT2D eigenvalue weighted by atomic mass is 16.4. The second-order valence-electron chi connectivity index (χ2n) is 3.17. The normalized spacial score (nSPS) is 7.65. The van der Waals surface area contributed by atoms with Gasteiger partial charge in [0.15, 0.2) is 0 Å². The lowest BCUT2D eigenvalue weighted by Crippen LogP contribution is -2.23. The van der Waals surface area contributed by atoms with E-state index in [2.05, 4.69) is 5.32 Å². The maximum Gasteiger partial charge on any atom is 0.300 e. The third-order valence-corrected chi connectivity index (χ3v) is 0.833. The molecule has 9 heteroatoms. The zero-order valence-electron chi connectivity index (χ0n) is 12.1. The van der Waals surface area contributed by atoms with E-state index in [0.29, 0.717) is 6.54 Å². The topological polar surface area (TPSA) is 170 Å². The molecule has 0 aromatic rings. The Morgan fingerprint density at radius 2 is 1.20 bits per heavy atom. The molecular formula is C11H26N2O7. The van der Waals surface area contributed by atoms with Gasteiger partial charge >= 0.3 is 0 Å². The van der Waals surface area contributed by atoms with Gasteiger partial charge in [-0.25, -0.2) is 0 Å². The second kappa shape index (κ2) is 26.0. The molecule has 0 spiro atoms. The van der Waals surface area contributed by atoms with Crippen molar-refractivity contribution >= 4 is 17.9 Å². The summed E-state index contributed by atoms with van der Waals surface area (Å²) >= 11 is 0. The van der Waals surface area contributed by atoms with E-state index in [9.17, 15) is 0 Å². The summed E-state index contributed by atoms with van der Waals surface area (Å²) in [6.07, 6.45) is 0.819. The molecule has 0 aliphatic rings. The standard InChI is InChI=1S/C5H14N2O.3C2H4O2/c6-2-4-7-3-1-5-8;3*1-2(3)4/h7-8H,1-6H2;3*1H3,(H,3,4). The Morgan fingerprint density at radius 1 is 0.900 bits per heavy atom. The zero-order chi connectivity index (χ0) is 17.0. The number of aliphatic hydroxyl groups is 1. The van der Waals surface area contributed by atoms with Gasteiger partial charge in [0, 0.05) is 40.5 Å². The lowest BCUT2D eigenvalue weighted by Gasteiger charge is -1.97. The Balaban J connectivity index is -0.0000000917. The van der Waals surface area contributed by atoms with Gasteiger partial charge in [-0.2, -0.15) is 0 Å². The number of hydrogen-bond donors (Lipinski definition) is 6. The Hall–Kier alpha value is -1.71. The molecule has 0 aliphatic carbocycles. The van der Waals surface area contributed by atoms with E-state index in [-0.39, 0.29) is 6.61 Å². The summed E-state index contributed by atoms with van der Waals surface area (Å²) in [4.78, 5) is 27.0. The van der Waals surface area contributed by atoms with Crippen molar-refractivity contribution in [3.05, 3.63) is 0 Å². The van der Waals surface area contributed by atoms with E-state index in [1.54, 1.807) is 0 Å². The molecule has 0 unspecified atom stereocenters. The largest absolute Gasteiger partial charge is 0.481 e. The van der Waals surface area contributed by atoms with Crippen molar-refractivity contribution in [1.29, 1.82) is 0 Å². The van der Waals surface area contributed by atoms with Crippen molar-refractivity contribution in [2.75, 3.05) is 26.2 Å². The van der Waals surface area contributed by atoms with Crippen LogP contribution >= 0.6 is 0 Å². The average molecular weight is 298 g/mol. The lowest BCUT2D eigenvalue weighted by atomic mass is 10.4. The molecule has 0 saturated carbocycles. The number of aliphatic carboxylic acids is 3. The van der Waals surface area contributed by atoms with E-state index in [1.807, 2.05) is 0 Å². The molecule has 0 amide bonds. The summed E-state index contributed by atoms with van der Waals surface area (Å²) in [6.45, 7) is 5.90. The van der Waals surface area contributed by atoms with Crippen molar-refractivity contribution < 1.29 is 34.8 Å². The summed E-state index contributed by atoms with van der Waals surface area (Å²) in [5.41, 5.74) is 5.19. The highest BCUT2D eigenvalue weighted by molar-refractivity contribution is 5.63. The quantitative estimate of drug-likeness (QED) is 0.355. The monoisotopic (exact) mass is 298 g/mol. The van der Waals surface area contributed by atoms with Crippen LogP contribution in [-0.2, 0) is 14.4 Å². The van der Waals surface area contributed by atoms with Crippen molar-refractivity contribution in [1.82, 2.24) is 5.32 Å². The van der Waals surface area contributed by atoms with E-state index in [4.69, 9.17) is 40.5 Å². The van der Waals surface area contributed by atoms with E-state index in [0.717, 1.165) is 40.3 Å². The van der Waals surface area contributed by atoms with Gasteiger partial charge in [0.05, 0.1) is 0 Å². The van der Waals surface area contributed by atoms with E-state index >= 15 is 0 Å². The van der Waals surface area contributed by atoms with Gasteiger partial charge in [-0.15, -0.1) is 0 Å². The van der Waals surface area contributed by atoms with Gasteiger partial charge in [0.1, 0.15) is 0 Å². The molecule has 0 saturated heterocycles. The number of carbonyl (C=O) groups is 3. The first-order valence-electron chi connectivity index (χ1n) is 5.71. The van der Waals surface area contributed by atoms with Crippen LogP contribution in [0.5, 0.6) is 0 Å². The summed E-state index contributed by atoms with van der Waals surface area (Å²) in [5.74, 6) is -2.50. The smallest absolute Gasteiger partial charge is 0.300 e. The summed E-state index contributed by atoms with van der Waals surface area (Å²) in [6, 6.07) is 0. The first kappa shape index (κ1) is 26.8. The minimum atomic E-state index is -0.833. The highest BCUT2D eigenvalue weighted by Crippen LogP contribution is 1.68. The van der Waals surface area contributed by atoms with Gasteiger partial charge in [-0.3, -0.25) is 14.4 Å². The molecular weight excluding hydrogens is 272 g/mol. The Labute approximate surface area is 118 Å². The Bertz CT molecular complexity index is 188. The van der Waals surface area contributed by atoms with Crippen LogP contribution in [-0.4, -0.2) is 64.6 Å². The van der Waals surface area contributed by atoms with Crippen LogP contribution in [0.4, 0.5) is 0 Å². The number of carboxylic acid groups (broad SMARTS) is 3. The molecule has 0 atom stereocenters. The third-order valence-electron chi connectivity index (χ3n) is 0.833. The minimum Gasteiger partial charge on any atom is -0.481 e. The first-order chi connectivity index (χ1) is 9.11. The fourth-order valence-electron chi connectivity index (χ4n) is 0.431. The average Bonchev–Trinajstić information content (AvgIpc) is 2.22. The number of aliphatic hydroxyl groups excluding tert-OH is 1. The minimum absolute atomic E-state index is 0.261. The number of rotatable bonds is 5. The summed E-state index contributed by atoms with van der Waals surface area (Å²) in [5, 5.41) is 33.6. The van der Waals surface area contributed by atoms with E-state index < -0.39 is 17.9 Å². The molecule has 0 heterocycles. The lowest BCUT2D eigenvalue weighted by molar-refractivity contribution is -0.135. The van der Waals surface area contributed by atoms with Gasteiger partial charge in [-0.1, -0.05) is 0 Å². The predicted molar refractivity (Wildman–Crippen MR) is 73.6 cm³/mol. The van der Waals surface area contributed by atoms with Crippen LogP contribution < -0.4 is 11.1 Å². The maximum absolute atomic E-state index is 9.00. The SMILES string of the molecule is CC(=O)O.CC(=O)O.CC(=O)O.NCCNCCCO. The van der Waals surface area contributed by atoms with Gasteiger partial charge in [0.2, 0.25) is 0 Å². The maximum atomic E-state index is 9.00. The molecule has 0 aromatic carbocycles. The predicted octanol–water partition coefficient (Wildman–Crippen LogP) is -0.810. The number of nitrogens with one attached hydrogen (secondary N) is 1. The van der Waals surface area contributed by atoms with Gasteiger partial charge in [-0.05, 0) is 13.0 Å². The molecule has 122 valence electrons. The van der Waals surface area contributed by atoms with Crippen molar-refractivity contribution in [2.45, 2.75) is 27.2 Å². The van der Waals surface area contributed by atoms with Crippen molar-refractivity contribution in [2.24, 2.45) is 5.73 Å². The molecule has 0 aliphatic heterocycles. The fourth-order valence-corrected chi connectivity index (χ4v) is 0.431. The highest BCUT2D eigenvalue weighted by Gasteiger charge is 1.81. The molecule has 9 nitrogen and oxygen atoms in total. The second-order valence-corrected chi connectivity index (χ2v) is 3.17. The molecule has 20 heavy (non-hydrogen) atoms. The summed E-state index contributed by atoms with van der Waals surface area (Å²) in [7, 11) is 0. The molecule has 0 rings (SSSR count). The number of nitrogens with two attached hydrogens (primary N) is 1. The Kier molecular flexibility index (Phi) is 34.8. The van der Waals surface area contributed by atoms with Crippen LogP contribution in [0.2, 0.25) is 0 Å². The molecule has 0 radical (unpaired) electrons. The molecule has 0 bridgehead atoms. The van der Waals surface area contributed by atoms with Crippen LogP contribution in [0.1, 0.15) is 27.2 Å². The van der Waals surface area contributed by atoms with E-state index in [1.165, 1.54) is 0 Å². The van der Waals surface area contributed by atoms with Gasteiger partial charge in [0.25, 0.3) is 17.9 Å². The van der Waals surface area contributed by atoms with Crippen molar-refractivity contribution in [3.63, 3.8) is 0 Å². The Morgan fingerprint density at radius 3 is 1.40 bits per heavy atom. The molecule has 7 N–H and O–H groups in total. The van der Waals surface area contributed by atoms with Crippen LogP contribution in [0.15, 0.2) is 0 Å². The van der Waals surface area contributed by atoms with Crippen LogP contribution in [0, 0.1) is 0 Å². The summed E-state index contributed by atoms with van der Waals surface area (Å²) < 4.78 is 0.